The Hall–Kier alpha value is -1.62. The van der Waals surface area contributed by atoms with Crippen LogP contribution >= 0.6 is 0 Å². The number of carboxylic acids is 1. The number of nitrogens with zero attached hydrogens (tertiary/aromatic N) is 1. The van der Waals surface area contributed by atoms with Crippen LogP contribution in [0.1, 0.15) is 18.9 Å². The monoisotopic (exact) mass is 253 g/mol. The summed E-state index contributed by atoms with van der Waals surface area (Å²) in [5, 5.41) is 18.7. The summed E-state index contributed by atoms with van der Waals surface area (Å²) >= 11 is 0. The second-order valence-corrected chi connectivity index (χ2v) is 4.72. The van der Waals surface area contributed by atoms with Gasteiger partial charge < -0.3 is 10.2 Å². The van der Waals surface area contributed by atoms with Crippen molar-refractivity contribution in [2.45, 2.75) is 25.9 Å². The van der Waals surface area contributed by atoms with E-state index in [1.807, 2.05) is 11.8 Å². The van der Waals surface area contributed by atoms with E-state index in [0.29, 0.717) is 25.1 Å². The van der Waals surface area contributed by atoms with Crippen LogP contribution in [0, 0.1) is 11.7 Å². The molecule has 0 bridgehead atoms. The number of phenols is 1. The Morgan fingerprint density at radius 3 is 2.89 bits per heavy atom. The van der Waals surface area contributed by atoms with Crippen LogP contribution in [0.15, 0.2) is 18.2 Å². The third kappa shape index (κ3) is 2.46. The average Bonchev–Trinajstić information content (AvgIpc) is 2.66. The lowest BCUT2D eigenvalue weighted by molar-refractivity contribution is -0.142. The molecule has 0 aliphatic carbocycles. The smallest absolute Gasteiger partial charge is 0.308 e. The zero-order valence-corrected chi connectivity index (χ0v) is 10.1. The first-order chi connectivity index (χ1) is 8.49. The van der Waals surface area contributed by atoms with Crippen LogP contribution in [0.3, 0.4) is 0 Å². The Balaban J connectivity index is 2.11. The van der Waals surface area contributed by atoms with Crippen molar-refractivity contribution in [3.63, 3.8) is 0 Å². The third-order valence-electron chi connectivity index (χ3n) is 3.62. The summed E-state index contributed by atoms with van der Waals surface area (Å²) in [6.07, 6.45) is 0.590. The number of hydrogen-bond donors (Lipinski definition) is 2. The quantitative estimate of drug-likeness (QED) is 0.862. The van der Waals surface area contributed by atoms with Gasteiger partial charge in [0.2, 0.25) is 0 Å². The molecule has 0 aromatic heterocycles. The maximum Gasteiger partial charge on any atom is 0.308 e. The summed E-state index contributed by atoms with van der Waals surface area (Å²) in [6.45, 7) is 2.87. The maximum absolute atomic E-state index is 13.1. The predicted molar refractivity (Wildman–Crippen MR) is 63.7 cm³/mol. The van der Waals surface area contributed by atoms with Gasteiger partial charge in [-0.3, -0.25) is 9.69 Å². The first-order valence-corrected chi connectivity index (χ1v) is 5.93. The Labute approximate surface area is 105 Å². The first-order valence-electron chi connectivity index (χ1n) is 5.93. The number of likely N-dealkylation sites (tertiary alicyclic amines) is 1. The molecule has 0 radical (unpaired) electrons. The topological polar surface area (TPSA) is 60.8 Å². The van der Waals surface area contributed by atoms with Gasteiger partial charge in [0.25, 0.3) is 0 Å². The average molecular weight is 253 g/mol. The molecule has 1 fully saturated rings. The molecule has 2 rings (SSSR count). The highest BCUT2D eigenvalue weighted by atomic mass is 19.1. The van der Waals surface area contributed by atoms with Crippen molar-refractivity contribution in [1.29, 1.82) is 0 Å². The summed E-state index contributed by atoms with van der Waals surface area (Å²) in [5.41, 5.74) is 0.493. The molecule has 98 valence electrons. The van der Waals surface area contributed by atoms with E-state index >= 15 is 0 Å². The second-order valence-electron chi connectivity index (χ2n) is 4.72. The van der Waals surface area contributed by atoms with E-state index in [9.17, 15) is 14.3 Å². The van der Waals surface area contributed by atoms with E-state index in [1.54, 1.807) is 0 Å². The van der Waals surface area contributed by atoms with Crippen LogP contribution in [0.2, 0.25) is 0 Å². The fourth-order valence-corrected chi connectivity index (χ4v) is 2.46. The molecule has 1 aromatic rings. The Morgan fingerprint density at radius 1 is 1.56 bits per heavy atom. The highest BCUT2D eigenvalue weighted by Crippen LogP contribution is 2.28. The molecule has 1 saturated heterocycles. The molecule has 2 N–H and O–H groups in total. The van der Waals surface area contributed by atoms with Gasteiger partial charge in [0, 0.05) is 18.2 Å². The Bertz CT molecular complexity index is 464. The molecule has 5 heteroatoms. The van der Waals surface area contributed by atoms with Crippen LogP contribution in [0.5, 0.6) is 5.75 Å². The summed E-state index contributed by atoms with van der Waals surface area (Å²) in [7, 11) is 0. The predicted octanol–water partition coefficient (Wildman–Crippen LogP) is 1.83. The lowest BCUT2D eigenvalue weighted by atomic mass is 10.0. The largest absolute Gasteiger partial charge is 0.508 e. The number of hydrogen-bond acceptors (Lipinski definition) is 3. The molecule has 0 spiro atoms. The number of rotatable bonds is 3. The molecule has 1 heterocycles. The van der Waals surface area contributed by atoms with Gasteiger partial charge in [-0.25, -0.2) is 4.39 Å². The number of carbonyl (C=O) groups is 1. The standard InChI is InChI=1S/C13H16FNO3/c1-8-11(13(17)18)4-5-15(8)7-9-6-10(14)2-3-12(9)16/h2-3,6,8,11,16H,4-5,7H2,1H3,(H,17,18). The molecule has 1 aliphatic rings. The van der Waals surface area contributed by atoms with Crippen molar-refractivity contribution in [2.24, 2.45) is 5.92 Å². The zero-order chi connectivity index (χ0) is 13.3. The van der Waals surface area contributed by atoms with Gasteiger partial charge in [0.1, 0.15) is 11.6 Å². The first kappa shape index (κ1) is 12.8. The van der Waals surface area contributed by atoms with Crippen molar-refractivity contribution in [3.05, 3.63) is 29.6 Å². The van der Waals surface area contributed by atoms with Gasteiger partial charge in [-0.1, -0.05) is 0 Å². The van der Waals surface area contributed by atoms with E-state index in [1.165, 1.54) is 18.2 Å². The van der Waals surface area contributed by atoms with Crippen molar-refractivity contribution in [3.8, 4) is 5.75 Å². The van der Waals surface area contributed by atoms with Gasteiger partial charge in [0.15, 0.2) is 0 Å². The number of halogens is 1. The van der Waals surface area contributed by atoms with Gasteiger partial charge in [-0.05, 0) is 38.1 Å². The van der Waals surface area contributed by atoms with Gasteiger partial charge >= 0.3 is 5.97 Å². The molecule has 18 heavy (non-hydrogen) atoms. The van der Waals surface area contributed by atoms with E-state index in [4.69, 9.17) is 5.11 Å². The van der Waals surface area contributed by atoms with E-state index in [2.05, 4.69) is 0 Å². The highest BCUT2D eigenvalue weighted by molar-refractivity contribution is 5.71. The minimum atomic E-state index is -0.798. The fourth-order valence-electron chi connectivity index (χ4n) is 2.46. The number of aromatic hydroxyl groups is 1. The fraction of sp³-hybridized carbons (Fsp3) is 0.462. The number of aliphatic carboxylic acids is 1. The van der Waals surface area contributed by atoms with Gasteiger partial charge in [-0.2, -0.15) is 0 Å². The van der Waals surface area contributed by atoms with Crippen molar-refractivity contribution < 1.29 is 19.4 Å². The normalized spacial score (nSPS) is 24.3. The number of carboxylic acid groups (broad SMARTS) is 1. The van der Waals surface area contributed by atoms with Crippen molar-refractivity contribution in [1.82, 2.24) is 4.90 Å². The minimum Gasteiger partial charge on any atom is -0.508 e. The van der Waals surface area contributed by atoms with Gasteiger partial charge in [-0.15, -0.1) is 0 Å². The summed E-state index contributed by atoms with van der Waals surface area (Å²) < 4.78 is 13.1. The minimum absolute atomic E-state index is 0.0439. The Kier molecular flexibility index (Phi) is 3.52. The lowest BCUT2D eigenvalue weighted by Gasteiger charge is -2.23. The molecule has 0 amide bonds. The summed E-state index contributed by atoms with van der Waals surface area (Å²) in [6, 6.07) is 3.70. The molecular weight excluding hydrogens is 237 g/mol. The molecule has 2 atom stereocenters. The van der Waals surface area contributed by atoms with Crippen molar-refractivity contribution >= 4 is 5.97 Å². The lowest BCUT2D eigenvalue weighted by Crippen LogP contribution is -2.32. The molecule has 2 unspecified atom stereocenters. The molecule has 4 nitrogen and oxygen atoms in total. The number of benzene rings is 1. The third-order valence-corrected chi connectivity index (χ3v) is 3.62. The Morgan fingerprint density at radius 2 is 2.28 bits per heavy atom. The van der Waals surface area contributed by atoms with Crippen molar-refractivity contribution in [2.75, 3.05) is 6.54 Å². The van der Waals surface area contributed by atoms with Crippen LogP contribution in [-0.2, 0) is 11.3 Å². The second kappa shape index (κ2) is 4.94. The maximum atomic E-state index is 13.1. The van der Waals surface area contributed by atoms with E-state index in [-0.39, 0.29) is 17.7 Å². The van der Waals surface area contributed by atoms with Gasteiger partial charge in [0.05, 0.1) is 5.92 Å². The van der Waals surface area contributed by atoms with E-state index in [0.717, 1.165) is 0 Å². The molecule has 0 saturated carbocycles. The number of phenolic OH excluding ortho intramolecular Hbond substituents is 1. The van der Waals surface area contributed by atoms with Crippen LogP contribution in [-0.4, -0.2) is 33.7 Å². The molecule has 1 aliphatic heterocycles. The SMILES string of the molecule is CC1C(C(=O)O)CCN1Cc1cc(F)ccc1O. The summed E-state index contributed by atoms with van der Waals surface area (Å²) in [5.74, 6) is -1.54. The van der Waals surface area contributed by atoms with E-state index < -0.39 is 11.8 Å². The highest BCUT2D eigenvalue weighted by Gasteiger charge is 2.35. The van der Waals surface area contributed by atoms with Crippen LogP contribution in [0.4, 0.5) is 4.39 Å². The van der Waals surface area contributed by atoms with Crippen LogP contribution < -0.4 is 0 Å². The van der Waals surface area contributed by atoms with Crippen LogP contribution in [0.25, 0.3) is 0 Å². The zero-order valence-electron chi connectivity index (χ0n) is 10.1. The molecule has 1 aromatic carbocycles. The summed E-state index contributed by atoms with van der Waals surface area (Å²) in [4.78, 5) is 12.9. The molecular formula is C13H16FNO3.